The van der Waals surface area contributed by atoms with E-state index in [4.69, 9.17) is 10.5 Å². The number of nitrogens with two attached hydrogens (primary N) is 1. The molecule has 0 spiro atoms. The average molecular weight is 462 g/mol. The molecule has 1 aromatic rings. The molecule has 0 aromatic heterocycles. The highest BCUT2D eigenvalue weighted by molar-refractivity contribution is 14.0. The molecule has 0 aliphatic carbocycles. The molecule has 0 aliphatic rings. The molecule has 1 rings (SSSR count). The molecule has 0 aliphatic heterocycles. The van der Waals surface area contributed by atoms with E-state index in [1.807, 2.05) is 20.8 Å². The van der Waals surface area contributed by atoms with E-state index in [0.29, 0.717) is 19.0 Å². The van der Waals surface area contributed by atoms with Gasteiger partial charge in [-0.1, -0.05) is 32.0 Å². The number of para-hydroxylation sites is 1. The van der Waals surface area contributed by atoms with Crippen molar-refractivity contribution < 1.29 is 9.53 Å². The lowest BCUT2D eigenvalue weighted by Gasteiger charge is -2.19. The number of amides is 1. The zero-order valence-corrected chi connectivity index (χ0v) is 18.1. The number of alkyl carbamates (subject to hydrolysis) is 1. The number of hydrogen-bond acceptors (Lipinski definition) is 3. The third-order valence-corrected chi connectivity index (χ3v) is 3.31. The van der Waals surface area contributed by atoms with Crippen LogP contribution in [-0.4, -0.2) is 30.7 Å². The molecule has 0 heterocycles. The van der Waals surface area contributed by atoms with Gasteiger partial charge in [0.2, 0.25) is 0 Å². The van der Waals surface area contributed by atoms with Gasteiger partial charge in [-0.2, -0.15) is 0 Å². The van der Waals surface area contributed by atoms with Gasteiger partial charge in [0.05, 0.1) is 6.54 Å². The lowest BCUT2D eigenvalue weighted by Crippen LogP contribution is -2.34. The van der Waals surface area contributed by atoms with Crippen LogP contribution in [0.3, 0.4) is 0 Å². The second-order valence-electron chi connectivity index (χ2n) is 6.48. The molecule has 0 bridgehead atoms. The lowest BCUT2D eigenvalue weighted by atomic mass is 10.0. The quantitative estimate of drug-likeness (QED) is 0.261. The number of benzene rings is 1. The first-order chi connectivity index (χ1) is 11.3. The number of nitrogens with zero attached hydrogens (tertiary/aromatic N) is 1. The monoisotopic (exact) mass is 462 g/mol. The number of anilines is 1. The van der Waals surface area contributed by atoms with Crippen LogP contribution < -0.4 is 16.4 Å². The minimum Gasteiger partial charge on any atom is -0.444 e. The van der Waals surface area contributed by atoms with E-state index in [1.165, 1.54) is 11.1 Å². The zero-order chi connectivity index (χ0) is 18.2. The third-order valence-electron chi connectivity index (χ3n) is 3.31. The van der Waals surface area contributed by atoms with Crippen LogP contribution in [0.25, 0.3) is 0 Å². The van der Waals surface area contributed by atoms with Gasteiger partial charge in [-0.25, -0.2) is 4.79 Å². The average Bonchev–Trinajstić information content (AvgIpc) is 2.50. The van der Waals surface area contributed by atoms with Gasteiger partial charge in [-0.3, -0.25) is 4.99 Å². The number of aryl methyl sites for hydroxylation is 2. The van der Waals surface area contributed by atoms with Crippen molar-refractivity contribution in [2.75, 3.05) is 18.4 Å². The Kier molecular flexibility index (Phi) is 10.5. The molecule has 1 amide bonds. The summed E-state index contributed by atoms with van der Waals surface area (Å²) in [6.45, 7) is 10.4. The zero-order valence-electron chi connectivity index (χ0n) is 15.8. The van der Waals surface area contributed by atoms with E-state index in [0.717, 1.165) is 18.5 Å². The number of rotatable bonds is 6. The van der Waals surface area contributed by atoms with Crippen molar-refractivity contribution in [1.82, 2.24) is 5.32 Å². The van der Waals surface area contributed by atoms with Crippen LogP contribution in [-0.2, 0) is 17.6 Å². The van der Waals surface area contributed by atoms with Gasteiger partial charge in [0.1, 0.15) is 5.60 Å². The summed E-state index contributed by atoms with van der Waals surface area (Å²) in [5.41, 5.74) is 8.91. The predicted octanol–water partition coefficient (Wildman–Crippen LogP) is 3.68. The summed E-state index contributed by atoms with van der Waals surface area (Å²) in [7, 11) is 0. The van der Waals surface area contributed by atoms with Crippen molar-refractivity contribution in [2.45, 2.75) is 53.1 Å². The van der Waals surface area contributed by atoms with Crippen LogP contribution in [0.4, 0.5) is 10.5 Å². The summed E-state index contributed by atoms with van der Waals surface area (Å²) in [5.74, 6) is 0.344. The Morgan fingerprint density at radius 3 is 2.24 bits per heavy atom. The van der Waals surface area contributed by atoms with Crippen LogP contribution in [0.1, 0.15) is 45.7 Å². The van der Waals surface area contributed by atoms with Crippen LogP contribution in [0, 0.1) is 0 Å². The summed E-state index contributed by atoms with van der Waals surface area (Å²) < 4.78 is 5.16. The van der Waals surface area contributed by atoms with Crippen molar-refractivity contribution in [3.63, 3.8) is 0 Å². The number of ether oxygens (including phenoxy) is 1. The van der Waals surface area contributed by atoms with Gasteiger partial charge in [0, 0.05) is 12.2 Å². The van der Waals surface area contributed by atoms with E-state index in [-0.39, 0.29) is 24.0 Å². The largest absolute Gasteiger partial charge is 0.444 e. The molecule has 0 fully saturated rings. The maximum atomic E-state index is 11.5. The SMILES string of the molecule is CCc1cccc(CC)c1NC(N)=NCCNC(=O)OC(C)(C)C.I. The second kappa shape index (κ2) is 11.2. The first-order valence-electron chi connectivity index (χ1n) is 8.41. The molecule has 7 heteroatoms. The van der Waals surface area contributed by atoms with E-state index in [2.05, 4.69) is 47.7 Å². The fraction of sp³-hybridized carbons (Fsp3) is 0.556. The Hall–Kier alpha value is -1.51. The Morgan fingerprint density at radius 1 is 1.20 bits per heavy atom. The van der Waals surface area contributed by atoms with E-state index in [1.54, 1.807) is 0 Å². The number of halogens is 1. The van der Waals surface area contributed by atoms with Crippen LogP contribution in [0.2, 0.25) is 0 Å². The molecule has 0 radical (unpaired) electrons. The van der Waals surface area contributed by atoms with Crippen molar-refractivity contribution >= 4 is 41.7 Å². The van der Waals surface area contributed by atoms with Crippen molar-refractivity contribution in [3.05, 3.63) is 29.3 Å². The number of guanidine groups is 1. The van der Waals surface area contributed by atoms with Gasteiger partial charge >= 0.3 is 6.09 Å². The second-order valence-corrected chi connectivity index (χ2v) is 6.48. The predicted molar refractivity (Wildman–Crippen MR) is 115 cm³/mol. The maximum absolute atomic E-state index is 11.5. The molecule has 0 atom stereocenters. The highest BCUT2D eigenvalue weighted by atomic mass is 127. The van der Waals surface area contributed by atoms with E-state index < -0.39 is 11.7 Å². The molecule has 25 heavy (non-hydrogen) atoms. The summed E-state index contributed by atoms with van der Waals surface area (Å²) in [4.78, 5) is 15.8. The van der Waals surface area contributed by atoms with Crippen molar-refractivity contribution in [3.8, 4) is 0 Å². The van der Waals surface area contributed by atoms with E-state index >= 15 is 0 Å². The molecule has 0 saturated heterocycles. The van der Waals surface area contributed by atoms with Gasteiger partial charge < -0.3 is 21.1 Å². The smallest absolute Gasteiger partial charge is 0.407 e. The highest BCUT2D eigenvalue weighted by Gasteiger charge is 2.15. The molecular formula is C18H31IN4O2. The summed E-state index contributed by atoms with van der Waals surface area (Å²) >= 11 is 0. The first-order valence-corrected chi connectivity index (χ1v) is 8.41. The Bertz CT molecular complexity index is 561. The Morgan fingerprint density at radius 2 is 1.76 bits per heavy atom. The fourth-order valence-electron chi connectivity index (χ4n) is 2.22. The lowest BCUT2D eigenvalue weighted by molar-refractivity contribution is 0.0529. The summed E-state index contributed by atoms with van der Waals surface area (Å²) in [5, 5.41) is 5.84. The number of hydrogen-bond donors (Lipinski definition) is 3. The van der Waals surface area contributed by atoms with E-state index in [9.17, 15) is 4.79 Å². The number of carbonyl (C=O) groups excluding carboxylic acids is 1. The van der Waals surface area contributed by atoms with Crippen molar-refractivity contribution in [2.24, 2.45) is 10.7 Å². The molecule has 0 saturated carbocycles. The van der Waals surface area contributed by atoms with Gasteiger partial charge in [-0.15, -0.1) is 24.0 Å². The maximum Gasteiger partial charge on any atom is 0.407 e. The molecule has 142 valence electrons. The first kappa shape index (κ1) is 23.5. The van der Waals surface area contributed by atoms with Crippen molar-refractivity contribution in [1.29, 1.82) is 0 Å². The molecular weight excluding hydrogens is 431 g/mol. The van der Waals surface area contributed by atoms with Gasteiger partial charge in [-0.05, 0) is 44.7 Å². The van der Waals surface area contributed by atoms with Crippen LogP contribution >= 0.6 is 24.0 Å². The summed E-state index contributed by atoms with van der Waals surface area (Å²) in [6, 6.07) is 6.22. The number of nitrogens with one attached hydrogen (secondary N) is 2. The Labute approximate surface area is 168 Å². The summed E-state index contributed by atoms with van der Waals surface area (Å²) in [6.07, 6.45) is 1.39. The topological polar surface area (TPSA) is 88.7 Å². The normalized spacial score (nSPS) is 11.5. The van der Waals surface area contributed by atoms with Gasteiger partial charge in [0.25, 0.3) is 0 Å². The molecule has 1 aromatic carbocycles. The minimum absolute atomic E-state index is 0. The minimum atomic E-state index is -0.506. The van der Waals surface area contributed by atoms with Gasteiger partial charge in [0.15, 0.2) is 5.96 Å². The molecule has 0 unspecified atom stereocenters. The third kappa shape index (κ3) is 8.94. The Balaban J connectivity index is 0.00000576. The fourth-order valence-corrected chi connectivity index (χ4v) is 2.22. The van der Waals surface area contributed by atoms with Crippen LogP contribution in [0.15, 0.2) is 23.2 Å². The number of aliphatic imine (C=N–C) groups is 1. The molecule has 6 nitrogen and oxygen atoms in total. The standard InChI is InChI=1S/C18H30N4O2.HI/c1-6-13-9-8-10-14(7-2)15(13)22-16(19)20-11-12-21-17(23)24-18(3,4)5;/h8-10H,6-7,11-12H2,1-5H3,(H,21,23)(H3,19,20,22);1H. The number of carbonyl (C=O) groups is 1. The van der Waals surface area contributed by atoms with Crippen LogP contribution in [0.5, 0.6) is 0 Å². The molecule has 4 N–H and O–H groups in total. The highest BCUT2D eigenvalue weighted by Crippen LogP contribution is 2.22.